The molecule has 2 rings (SSSR count). The smallest absolute Gasteiger partial charge is 0.323 e. The van der Waals surface area contributed by atoms with E-state index in [1.54, 1.807) is 29.2 Å². The Morgan fingerprint density at radius 3 is 2.72 bits per heavy atom. The van der Waals surface area contributed by atoms with Crippen molar-refractivity contribution >= 4 is 17.8 Å². The maximum atomic E-state index is 12.7. The summed E-state index contributed by atoms with van der Waals surface area (Å²) in [7, 11) is 0. The fourth-order valence-corrected chi connectivity index (χ4v) is 3.14. The SMILES string of the molecule is CC(=O)N(CC(=O)O)C1CCCN(C(=O)c2cccc(C#N)c2)CC1. The van der Waals surface area contributed by atoms with Crippen LogP contribution in [-0.4, -0.2) is 58.4 Å². The van der Waals surface area contributed by atoms with Crippen LogP contribution in [0.1, 0.15) is 42.1 Å². The van der Waals surface area contributed by atoms with Gasteiger partial charge in [-0.1, -0.05) is 6.07 Å². The van der Waals surface area contributed by atoms with E-state index < -0.39 is 5.97 Å². The number of nitriles is 1. The van der Waals surface area contributed by atoms with Crippen molar-refractivity contribution in [1.82, 2.24) is 9.80 Å². The Morgan fingerprint density at radius 2 is 2.08 bits per heavy atom. The maximum Gasteiger partial charge on any atom is 0.323 e. The van der Waals surface area contributed by atoms with Crippen LogP contribution in [0.5, 0.6) is 0 Å². The van der Waals surface area contributed by atoms with Crippen molar-refractivity contribution in [2.24, 2.45) is 0 Å². The minimum absolute atomic E-state index is 0.148. The largest absolute Gasteiger partial charge is 0.480 e. The number of likely N-dealkylation sites (tertiary alicyclic amines) is 1. The fourth-order valence-electron chi connectivity index (χ4n) is 3.14. The number of rotatable bonds is 4. The lowest BCUT2D eigenvalue weighted by atomic mass is 10.1. The molecule has 0 aromatic heterocycles. The molecule has 0 spiro atoms. The molecule has 0 aliphatic carbocycles. The van der Waals surface area contributed by atoms with Gasteiger partial charge >= 0.3 is 5.97 Å². The molecule has 0 saturated carbocycles. The van der Waals surface area contributed by atoms with Crippen molar-refractivity contribution in [3.8, 4) is 6.07 Å². The minimum atomic E-state index is -1.04. The van der Waals surface area contributed by atoms with Crippen molar-refractivity contribution in [1.29, 1.82) is 5.26 Å². The summed E-state index contributed by atoms with van der Waals surface area (Å²) in [5.41, 5.74) is 0.897. The average molecular weight is 343 g/mol. The van der Waals surface area contributed by atoms with Crippen LogP contribution in [0.4, 0.5) is 0 Å². The van der Waals surface area contributed by atoms with E-state index >= 15 is 0 Å². The third kappa shape index (κ3) is 4.80. The van der Waals surface area contributed by atoms with Gasteiger partial charge in [0, 0.05) is 31.6 Å². The summed E-state index contributed by atoms with van der Waals surface area (Å²) in [5, 5.41) is 17.9. The highest BCUT2D eigenvalue weighted by Gasteiger charge is 2.27. The van der Waals surface area contributed by atoms with Crippen LogP contribution in [0.3, 0.4) is 0 Å². The van der Waals surface area contributed by atoms with E-state index in [1.807, 2.05) is 6.07 Å². The highest BCUT2D eigenvalue weighted by molar-refractivity contribution is 5.94. The van der Waals surface area contributed by atoms with Gasteiger partial charge in [0.2, 0.25) is 5.91 Å². The Morgan fingerprint density at radius 1 is 1.32 bits per heavy atom. The number of aliphatic carboxylic acids is 1. The number of hydrogen-bond donors (Lipinski definition) is 1. The van der Waals surface area contributed by atoms with E-state index in [4.69, 9.17) is 10.4 Å². The van der Waals surface area contributed by atoms with Crippen LogP contribution in [-0.2, 0) is 9.59 Å². The van der Waals surface area contributed by atoms with Gasteiger partial charge in [0.05, 0.1) is 11.6 Å². The molecule has 1 N–H and O–H groups in total. The van der Waals surface area contributed by atoms with Crippen molar-refractivity contribution in [2.75, 3.05) is 19.6 Å². The second-order valence-corrected chi connectivity index (χ2v) is 6.11. The normalized spacial score (nSPS) is 17.3. The molecule has 25 heavy (non-hydrogen) atoms. The molecule has 1 aromatic carbocycles. The Labute approximate surface area is 146 Å². The van der Waals surface area contributed by atoms with Gasteiger partial charge in [-0.15, -0.1) is 0 Å². The molecule has 7 heteroatoms. The molecule has 1 heterocycles. The van der Waals surface area contributed by atoms with Crippen LogP contribution < -0.4 is 0 Å². The molecule has 1 aromatic rings. The Kier molecular flexibility index (Phi) is 6.12. The second kappa shape index (κ2) is 8.29. The van der Waals surface area contributed by atoms with Crippen LogP contribution in [0.25, 0.3) is 0 Å². The number of hydrogen-bond acceptors (Lipinski definition) is 4. The number of carbonyl (C=O) groups is 3. The number of benzene rings is 1. The van der Waals surface area contributed by atoms with Crippen LogP contribution in [0.15, 0.2) is 24.3 Å². The molecule has 132 valence electrons. The number of nitrogens with zero attached hydrogens (tertiary/aromatic N) is 3. The van der Waals surface area contributed by atoms with Crippen LogP contribution in [0, 0.1) is 11.3 Å². The van der Waals surface area contributed by atoms with E-state index in [0.29, 0.717) is 43.5 Å². The highest BCUT2D eigenvalue weighted by atomic mass is 16.4. The maximum absolute atomic E-state index is 12.7. The minimum Gasteiger partial charge on any atom is -0.480 e. The summed E-state index contributed by atoms with van der Waals surface area (Å²) >= 11 is 0. The second-order valence-electron chi connectivity index (χ2n) is 6.11. The molecule has 1 aliphatic heterocycles. The van der Waals surface area contributed by atoms with Gasteiger partial charge in [-0.3, -0.25) is 14.4 Å². The van der Waals surface area contributed by atoms with Gasteiger partial charge in [-0.2, -0.15) is 5.26 Å². The van der Waals surface area contributed by atoms with E-state index in [1.165, 1.54) is 11.8 Å². The third-order valence-electron chi connectivity index (χ3n) is 4.37. The molecule has 1 aliphatic rings. The van der Waals surface area contributed by atoms with E-state index in [2.05, 4.69) is 0 Å². The van der Waals surface area contributed by atoms with E-state index in [9.17, 15) is 14.4 Å². The molecule has 7 nitrogen and oxygen atoms in total. The number of carboxylic acids is 1. The quantitative estimate of drug-likeness (QED) is 0.892. The third-order valence-corrected chi connectivity index (χ3v) is 4.37. The summed E-state index contributed by atoms with van der Waals surface area (Å²) in [6.45, 7) is 2.04. The molecule has 0 bridgehead atoms. The first-order valence-electron chi connectivity index (χ1n) is 8.21. The lowest BCUT2D eigenvalue weighted by Gasteiger charge is -2.28. The monoisotopic (exact) mass is 343 g/mol. The lowest BCUT2D eigenvalue weighted by Crippen LogP contribution is -2.43. The Bertz CT molecular complexity index is 711. The first kappa shape index (κ1) is 18.5. The van der Waals surface area contributed by atoms with Crippen molar-refractivity contribution in [3.63, 3.8) is 0 Å². The van der Waals surface area contributed by atoms with Gasteiger partial charge in [-0.25, -0.2) is 0 Å². The zero-order valence-corrected chi connectivity index (χ0v) is 14.1. The Hall–Kier alpha value is -2.88. The predicted molar refractivity (Wildman–Crippen MR) is 89.7 cm³/mol. The summed E-state index contributed by atoms with van der Waals surface area (Å²) in [6.07, 6.45) is 1.89. The van der Waals surface area contributed by atoms with E-state index in [0.717, 1.165) is 0 Å². The standard InChI is InChI=1S/C18H21N3O4/c1-13(22)21(12-17(23)24)16-6-3-8-20(9-7-16)18(25)15-5-2-4-14(10-15)11-19/h2,4-5,10,16H,3,6-9,12H2,1H3,(H,23,24). The van der Waals surface area contributed by atoms with E-state index in [-0.39, 0.29) is 24.4 Å². The molecule has 1 fully saturated rings. The zero-order chi connectivity index (χ0) is 18.4. The van der Waals surface area contributed by atoms with Crippen molar-refractivity contribution in [3.05, 3.63) is 35.4 Å². The molecule has 1 saturated heterocycles. The van der Waals surface area contributed by atoms with Gasteiger partial charge in [0.15, 0.2) is 0 Å². The summed E-state index contributed by atoms with van der Waals surface area (Å²) in [5.74, 6) is -1.46. The molecule has 0 radical (unpaired) electrons. The first-order valence-corrected chi connectivity index (χ1v) is 8.21. The highest BCUT2D eigenvalue weighted by Crippen LogP contribution is 2.19. The van der Waals surface area contributed by atoms with Crippen LogP contribution in [0.2, 0.25) is 0 Å². The number of carbonyl (C=O) groups excluding carboxylic acids is 2. The molecular formula is C18H21N3O4. The molecule has 2 amide bonds. The fraction of sp³-hybridized carbons (Fsp3) is 0.444. The van der Waals surface area contributed by atoms with Gasteiger partial charge in [-0.05, 0) is 37.5 Å². The predicted octanol–water partition coefficient (Wildman–Crippen LogP) is 1.49. The number of amides is 2. The zero-order valence-electron chi connectivity index (χ0n) is 14.1. The van der Waals surface area contributed by atoms with Gasteiger partial charge in [0.1, 0.15) is 6.54 Å². The van der Waals surface area contributed by atoms with Gasteiger partial charge in [0.25, 0.3) is 5.91 Å². The lowest BCUT2D eigenvalue weighted by molar-refractivity contribution is -0.145. The summed E-state index contributed by atoms with van der Waals surface area (Å²) in [4.78, 5) is 38.4. The average Bonchev–Trinajstić information content (AvgIpc) is 2.84. The first-order chi connectivity index (χ1) is 11.9. The molecule has 1 unspecified atom stereocenters. The van der Waals surface area contributed by atoms with Crippen molar-refractivity contribution < 1.29 is 19.5 Å². The summed E-state index contributed by atoms with van der Waals surface area (Å²) < 4.78 is 0. The molecule has 1 atom stereocenters. The molecular weight excluding hydrogens is 322 g/mol. The van der Waals surface area contributed by atoms with Crippen molar-refractivity contribution in [2.45, 2.75) is 32.2 Å². The topological polar surface area (TPSA) is 102 Å². The number of carboxylic acid groups (broad SMARTS) is 1. The van der Waals surface area contributed by atoms with Crippen LogP contribution >= 0.6 is 0 Å². The summed E-state index contributed by atoms with van der Waals surface area (Å²) in [6, 6.07) is 8.40. The Balaban J connectivity index is 2.07. The van der Waals surface area contributed by atoms with Gasteiger partial charge < -0.3 is 14.9 Å².